The van der Waals surface area contributed by atoms with Crippen LogP contribution in [0.3, 0.4) is 0 Å². The van der Waals surface area contributed by atoms with Gasteiger partial charge < -0.3 is 5.32 Å². The molecule has 10 heteroatoms. The van der Waals surface area contributed by atoms with Crippen molar-refractivity contribution in [3.05, 3.63) is 52.9 Å². The maximum Gasteiger partial charge on any atom is 0.256 e. The summed E-state index contributed by atoms with van der Waals surface area (Å²) >= 11 is 0. The predicted octanol–water partition coefficient (Wildman–Crippen LogP) is 3.51. The van der Waals surface area contributed by atoms with E-state index < -0.39 is 27.4 Å². The maximum atomic E-state index is 13.6. The number of amides is 1. The van der Waals surface area contributed by atoms with E-state index in [1.807, 2.05) is 0 Å². The highest BCUT2D eigenvalue weighted by Crippen LogP contribution is 2.41. The number of aryl methyl sites for hydroxylation is 1. The Labute approximate surface area is 177 Å². The second-order valence-corrected chi connectivity index (χ2v) is 10.5. The fourth-order valence-electron chi connectivity index (χ4n) is 4.15. The first-order valence-electron chi connectivity index (χ1n) is 10.1. The number of benzene rings is 1. The van der Waals surface area contributed by atoms with E-state index >= 15 is 0 Å². The molecule has 0 bridgehead atoms. The van der Waals surface area contributed by atoms with E-state index in [9.17, 15) is 22.0 Å². The van der Waals surface area contributed by atoms with E-state index in [4.69, 9.17) is 4.98 Å². The van der Waals surface area contributed by atoms with Crippen molar-refractivity contribution in [1.29, 1.82) is 0 Å². The number of nitrogens with zero attached hydrogens (tertiary/aromatic N) is 3. The van der Waals surface area contributed by atoms with Gasteiger partial charge in [-0.15, -0.1) is 0 Å². The highest BCUT2D eigenvalue weighted by Gasteiger charge is 2.34. The van der Waals surface area contributed by atoms with Gasteiger partial charge in [0.15, 0.2) is 15.5 Å². The maximum absolute atomic E-state index is 13.6. The minimum absolute atomic E-state index is 0.00682. The summed E-state index contributed by atoms with van der Waals surface area (Å²) in [7, 11) is -3.13. The van der Waals surface area contributed by atoms with Gasteiger partial charge in [0, 0.05) is 23.4 Å². The smallest absolute Gasteiger partial charge is 0.256 e. The van der Waals surface area contributed by atoms with E-state index in [1.54, 1.807) is 17.7 Å². The van der Waals surface area contributed by atoms with Crippen LogP contribution in [-0.2, 0) is 9.84 Å². The van der Waals surface area contributed by atoms with Crippen LogP contribution in [-0.4, -0.2) is 40.6 Å². The summed E-state index contributed by atoms with van der Waals surface area (Å²) < 4.78 is 52.7. The largest absolute Gasteiger partial charge is 0.322 e. The summed E-state index contributed by atoms with van der Waals surface area (Å²) in [4.78, 5) is 17.8. The number of hydrogen-bond acceptors (Lipinski definition) is 5. The van der Waals surface area contributed by atoms with Gasteiger partial charge in [-0.05, 0) is 44.4 Å². The van der Waals surface area contributed by atoms with Crippen molar-refractivity contribution >= 4 is 32.5 Å². The molecule has 1 unspecified atom stereocenters. The Hall–Kier alpha value is -2.88. The molecule has 162 valence electrons. The zero-order chi connectivity index (χ0) is 21.9. The second kappa shape index (κ2) is 7.08. The van der Waals surface area contributed by atoms with E-state index in [-0.39, 0.29) is 29.2 Å². The summed E-state index contributed by atoms with van der Waals surface area (Å²) in [5.74, 6) is -1.79. The van der Waals surface area contributed by atoms with Gasteiger partial charge in [-0.2, -0.15) is 5.10 Å². The normalized spacial score (nSPS) is 20.3. The monoisotopic (exact) mass is 446 g/mol. The number of fused-ring (bicyclic) bond motifs is 1. The first kappa shape index (κ1) is 20.0. The third kappa shape index (κ3) is 3.80. The predicted molar refractivity (Wildman–Crippen MR) is 111 cm³/mol. The van der Waals surface area contributed by atoms with Crippen LogP contribution in [0.1, 0.15) is 53.0 Å². The van der Waals surface area contributed by atoms with Gasteiger partial charge in [-0.3, -0.25) is 4.79 Å². The molecule has 1 saturated carbocycles. The molecule has 5 rings (SSSR count). The number of carbonyl (C=O) groups is 1. The zero-order valence-corrected chi connectivity index (χ0v) is 17.5. The molecule has 1 aromatic carbocycles. The van der Waals surface area contributed by atoms with Gasteiger partial charge in [-0.25, -0.2) is 26.9 Å². The van der Waals surface area contributed by atoms with Crippen molar-refractivity contribution in [1.82, 2.24) is 14.8 Å². The average Bonchev–Trinajstić information content (AvgIpc) is 3.40. The van der Waals surface area contributed by atoms with Crippen molar-refractivity contribution in [2.75, 3.05) is 16.8 Å². The third-order valence-electron chi connectivity index (χ3n) is 5.77. The second-order valence-electron chi connectivity index (χ2n) is 8.27. The highest BCUT2D eigenvalue weighted by molar-refractivity contribution is 7.91. The Morgan fingerprint density at radius 2 is 1.84 bits per heavy atom. The Balaban J connectivity index is 1.61. The highest BCUT2D eigenvalue weighted by atomic mass is 32.2. The molecule has 1 aliphatic heterocycles. The number of hydrogen-bond donors (Lipinski definition) is 1. The summed E-state index contributed by atoms with van der Waals surface area (Å²) in [5, 5.41) is 7.60. The van der Waals surface area contributed by atoms with E-state index in [0.717, 1.165) is 36.7 Å². The number of carbonyl (C=O) groups excluding carboxylic acids is 1. The topological polar surface area (TPSA) is 93.9 Å². The lowest BCUT2D eigenvalue weighted by molar-refractivity contribution is 0.102. The van der Waals surface area contributed by atoms with Gasteiger partial charge in [0.25, 0.3) is 5.91 Å². The number of anilines is 1. The molecule has 3 heterocycles. The molecular formula is C21H20F2N4O3S. The molecule has 2 fully saturated rings. The number of rotatable bonds is 4. The van der Waals surface area contributed by atoms with Crippen molar-refractivity contribution in [2.45, 2.75) is 38.1 Å². The van der Waals surface area contributed by atoms with E-state index in [0.29, 0.717) is 28.7 Å². The first-order chi connectivity index (χ1) is 14.7. The lowest BCUT2D eigenvalue weighted by Crippen LogP contribution is -2.15. The summed E-state index contributed by atoms with van der Waals surface area (Å²) in [6.07, 6.45) is 2.36. The van der Waals surface area contributed by atoms with Crippen molar-refractivity contribution < 1.29 is 22.0 Å². The molecule has 1 N–H and O–H groups in total. The lowest BCUT2D eigenvalue weighted by atomic mass is 10.1. The Bertz CT molecular complexity index is 1310. The number of sulfone groups is 1. The molecule has 31 heavy (non-hydrogen) atoms. The minimum Gasteiger partial charge on any atom is -0.322 e. The van der Waals surface area contributed by atoms with Gasteiger partial charge in [0.05, 0.1) is 34.2 Å². The van der Waals surface area contributed by atoms with Crippen LogP contribution in [0.25, 0.3) is 11.0 Å². The Morgan fingerprint density at radius 1 is 1.13 bits per heavy atom. The van der Waals surface area contributed by atoms with Crippen LogP contribution < -0.4 is 5.32 Å². The standard InChI is InChI=1S/C21H20F2N4O3S/c1-11-19-17(21(28)24-15-7-13(22)6-14(23)8-15)9-18(12-2-3-12)25-20(19)27(26-11)16-4-5-31(29,30)10-16/h6-9,12,16H,2-5,10H2,1H3,(H,24,28). The van der Waals surface area contributed by atoms with Crippen LogP contribution in [0.2, 0.25) is 0 Å². The molecule has 3 aromatic rings. The number of pyridine rings is 1. The van der Waals surface area contributed by atoms with Crippen LogP contribution in [0.15, 0.2) is 24.3 Å². The molecule has 1 aliphatic carbocycles. The van der Waals surface area contributed by atoms with Gasteiger partial charge in [0.1, 0.15) is 11.6 Å². The van der Waals surface area contributed by atoms with Crippen LogP contribution >= 0.6 is 0 Å². The number of nitrogens with one attached hydrogen (secondary N) is 1. The van der Waals surface area contributed by atoms with Crippen LogP contribution in [0, 0.1) is 18.6 Å². The fraction of sp³-hybridized carbons (Fsp3) is 0.381. The SMILES string of the molecule is Cc1nn(C2CCS(=O)(=O)C2)c2nc(C3CC3)cc(C(=O)Nc3cc(F)cc(F)c3)c12. The quantitative estimate of drug-likeness (QED) is 0.662. The van der Waals surface area contributed by atoms with Gasteiger partial charge in [0.2, 0.25) is 0 Å². The zero-order valence-electron chi connectivity index (χ0n) is 16.7. The van der Waals surface area contributed by atoms with E-state index in [1.165, 1.54) is 0 Å². The molecule has 0 radical (unpaired) electrons. The summed E-state index contributed by atoms with van der Waals surface area (Å²) in [6, 6.07) is 4.18. The van der Waals surface area contributed by atoms with Crippen molar-refractivity contribution in [2.24, 2.45) is 0 Å². The Kier molecular flexibility index (Phi) is 4.58. The van der Waals surface area contributed by atoms with Crippen LogP contribution in [0.5, 0.6) is 0 Å². The van der Waals surface area contributed by atoms with Gasteiger partial charge in [-0.1, -0.05) is 0 Å². The molecule has 1 amide bonds. The molecule has 0 spiro atoms. The van der Waals surface area contributed by atoms with Gasteiger partial charge >= 0.3 is 0 Å². The molecule has 1 atom stereocenters. The molecule has 2 aliphatic rings. The molecular weight excluding hydrogens is 426 g/mol. The summed E-state index contributed by atoms with van der Waals surface area (Å²) in [5.41, 5.74) is 2.07. The van der Waals surface area contributed by atoms with Crippen molar-refractivity contribution in [3.8, 4) is 0 Å². The van der Waals surface area contributed by atoms with Crippen LogP contribution in [0.4, 0.5) is 14.5 Å². The van der Waals surface area contributed by atoms with Crippen molar-refractivity contribution in [3.63, 3.8) is 0 Å². The minimum atomic E-state index is -3.13. The summed E-state index contributed by atoms with van der Waals surface area (Å²) in [6.45, 7) is 1.74. The number of halogens is 2. The molecule has 1 saturated heterocycles. The lowest BCUT2D eigenvalue weighted by Gasteiger charge is -2.12. The fourth-order valence-corrected chi connectivity index (χ4v) is 5.84. The molecule has 7 nitrogen and oxygen atoms in total. The first-order valence-corrected chi connectivity index (χ1v) is 11.9. The molecule has 2 aromatic heterocycles. The Morgan fingerprint density at radius 3 is 2.45 bits per heavy atom. The third-order valence-corrected chi connectivity index (χ3v) is 7.52. The van der Waals surface area contributed by atoms with E-state index in [2.05, 4.69) is 10.4 Å². The average molecular weight is 446 g/mol. The number of aromatic nitrogens is 3.